The number of rotatable bonds is 3. The van der Waals surface area contributed by atoms with Crippen LogP contribution in [0.5, 0.6) is 0 Å². The standard InChI is InChI=1S/C15H21N3O2/c1-20-14(19)13-7-5-6-12(10-13)11-17-15(16)18-8-3-2-4-9-18/h5-7,10H,2-4,8-9,11H2,1H3,(H2,16,17). The van der Waals surface area contributed by atoms with Crippen molar-refractivity contribution in [2.24, 2.45) is 10.7 Å². The number of esters is 1. The number of ether oxygens (including phenoxy) is 1. The van der Waals surface area contributed by atoms with Gasteiger partial charge in [0.15, 0.2) is 5.96 Å². The van der Waals surface area contributed by atoms with E-state index in [2.05, 4.69) is 9.89 Å². The van der Waals surface area contributed by atoms with E-state index in [4.69, 9.17) is 10.5 Å². The fourth-order valence-electron chi connectivity index (χ4n) is 2.31. The van der Waals surface area contributed by atoms with E-state index in [9.17, 15) is 4.79 Å². The largest absolute Gasteiger partial charge is 0.465 e. The summed E-state index contributed by atoms with van der Waals surface area (Å²) in [7, 11) is 1.38. The lowest BCUT2D eigenvalue weighted by Gasteiger charge is -2.27. The lowest BCUT2D eigenvalue weighted by Crippen LogP contribution is -2.40. The quantitative estimate of drug-likeness (QED) is 0.518. The molecular weight excluding hydrogens is 254 g/mol. The second-order valence-corrected chi connectivity index (χ2v) is 4.91. The van der Waals surface area contributed by atoms with Crippen molar-refractivity contribution in [1.82, 2.24) is 4.90 Å². The highest BCUT2D eigenvalue weighted by Crippen LogP contribution is 2.10. The van der Waals surface area contributed by atoms with Crippen molar-refractivity contribution in [2.45, 2.75) is 25.8 Å². The number of nitrogens with zero attached hydrogens (tertiary/aromatic N) is 2. The van der Waals surface area contributed by atoms with Gasteiger partial charge in [0.25, 0.3) is 0 Å². The molecule has 1 heterocycles. The molecule has 20 heavy (non-hydrogen) atoms. The van der Waals surface area contributed by atoms with E-state index < -0.39 is 0 Å². The molecular formula is C15H21N3O2. The van der Waals surface area contributed by atoms with Gasteiger partial charge in [-0.05, 0) is 37.0 Å². The summed E-state index contributed by atoms with van der Waals surface area (Å²) < 4.78 is 4.70. The molecule has 0 bridgehead atoms. The Kier molecular flexibility index (Phi) is 4.98. The van der Waals surface area contributed by atoms with Crippen molar-refractivity contribution in [3.63, 3.8) is 0 Å². The average Bonchev–Trinajstić information content (AvgIpc) is 2.53. The third-order valence-electron chi connectivity index (χ3n) is 3.45. The van der Waals surface area contributed by atoms with Crippen molar-refractivity contribution in [2.75, 3.05) is 20.2 Å². The first-order valence-corrected chi connectivity index (χ1v) is 6.93. The van der Waals surface area contributed by atoms with Crippen LogP contribution in [0, 0.1) is 0 Å². The highest BCUT2D eigenvalue weighted by atomic mass is 16.5. The zero-order chi connectivity index (χ0) is 14.4. The van der Waals surface area contributed by atoms with Crippen molar-refractivity contribution < 1.29 is 9.53 Å². The van der Waals surface area contributed by atoms with Gasteiger partial charge in [0, 0.05) is 13.1 Å². The molecule has 0 saturated carbocycles. The fourth-order valence-corrected chi connectivity index (χ4v) is 2.31. The first-order chi connectivity index (χ1) is 9.70. The zero-order valence-electron chi connectivity index (χ0n) is 11.8. The SMILES string of the molecule is COC(=O)c1cccc(CN=C(N)N2CCCCC2)c1. The molecule has 1 aliphatic rings. The van der Waals surface area contributed by atoms with Crippen LogP contribution in [0.25, 0.3) is 0 Å². The summed E-state index contributed by atoms with van der Waals surface area (Å²) in [4.78, 5) is 18.0. The molecule has 108 valence electrons. The molecule has 0 aromatic heterocycles. The van der Waals surface area contributed by atoms with Gasteiger partial charge < -0.3 is 15.4 Å². The Hall–Kier alpha value is -2.04. The number of carbonyl (C=O) groups is 1. The number of aliphatic imine (C=N–C) groups is 1. The minimum absolute atomic E-state index is 0.333. The number of carbonyl (C=O) groups excluding carboxylic acids is 1. The molecule has 5 heteroatoms. The van der Waals surface area contributed by atoms with E-state index >= 15 is 0 Å². The third kappa shape index (κ3) is 3.73. The van der Waals surface area contributed by atoms with Crippen LogP contribution in [0.2, 0.25) is 0 Å². The summed E-state index contributed by atoms with van der Waals surface area (Å²) in [6.07, 6.45) is 3.62. The molecule has 0 spiro atoms. The Labute approximate surface area is 119 Å². The molecule has 1 saturated heterocycles. The molecule has 1 aromatic carbocycles. The Morgan fingerprint density at radius 3 is 2.80 bits per heavy atom. The Morgan fingerprint density at radius 1 is 1.35 bits per heavy atom. The minimum atomic E-state index is -0.333. The van der Waals surface area contributed by atoms with Gasteiger partial charge >= 0.3 is 5.97 Å². The molecule has 0 radical (unpaired) electrons. The topological polar surface area (TPSA) is 67.9 Å². The molecule has 0 amide bonds. The van der Waals surface area contributed by atoms with Crippen LogP contribution in [0.1, 0.15) is 35.2 Å². The monoisotopic (exact) mass is 275 g/mol. The molecule has 5 nitrogen and oxygen atoms in total. The second-order valence-electron chi connectivity index (χ2n) is 4.91. The maximum absolute atomic E-state index is 11.5. The summed E-state index contributed by atoms with van der Waals surface area (Å²) >= 11 is 0. The van der Waals surface area contributed by atoms with Crippen LogP contribution in [-0.2, 0) is 11.3 Å². The fraction of sp³-hybridized carbons (Fsp3) is 0.467. The maximum Gasteiger partial charge on any atom is 0.337 e. The predicted molar refractivity (Wildman–Crippen MR) is 78.5 cm³/mol. The smallest absolute Gasteiger partial charge is 0.337 e. The number of likely N-dealkylation sites (tertiary alicyclic amines) is 1. The molecule has 2 N–H and O–H groups in total. The van der Waals surface area contributed by atoms with Gasteiger partial charge in [0.2, 0.25) is 0 Å². The number of guanidine groups is 1. The first kappa shape index (κ1) is 14.4. The van der Waals surface area contributed by atoms with E-state index in [1.54, 1.807) is 12.1 Å². The van der Waals surface area contributed by atoms with Crippen LogP contribution < -0.4 is 5.73 Å². The molecule has 1 aromatic rings. The van der Waals surface area contributed by atoms with Crippen molar-refractivity contribution in [1.29, 1.82) is 0 Å². The normalized spacial score (nSPS) is 16.1. The van der Waals surface area contributed by atoms with Gasteiger partial charge in [-0.1, -0.05) is 12.1 Å². The number of benzene rings is 1. The summed E-state index contributed by atoms with van der Waals surface area (Å²) in [6, 6.07) is 7.28. The molecule has 0 unspecified atom stereocenters. The minimum Gasteiger partial charge on any atom is -0.465 e. The third-order valence-corrected chi connectivity index (χ3v) is 3.45. The zero-order valence-corrected chi connectivity index (χ0v) is 11.8. The lowest BCUT2D eigenvalue weighted by atomic mass is 10.1. The van der Waals surface area contributed by atoms with E-state index in [0.29, 0.717) is 18.1 Å². The summed E-state index contributed by atoms with van der Waals surface area (Å²) in [5.41, 5.74) is 7.49. The Balaban J connectivity index is 2.00. The Bertz CT molecular complexity index is 494. The highest BCUT2D eigenvalue weighted by Gasteiger charge is 2.11. The summed E-state index contributed by atoms with van der Waals surface area (Å²) in [5, 5.41) is 0. The number of methoxy groups -OCH3 is 1. The summed E-state index contributed by atoms with van der Waals surface area (Å²) in [5.74, 6) is 0.257. The molecule has 0 aliphatic carbocycles. The van der Waals surface area contributed by atoms with Gasteiger partial charge in [-0.2, -0.15) is 0 Å². The average molecular weight is 275 g/mol. The first-order valence-electron chi connectivity index (χ1n) is 6.93. The number of hydrogen-bond donors (Lipinski definition) is 1. The predicted octanol–water partition coefficient (Wildman–Crippen LogP) is 1.77. The van der Waals surface area contributed by atoms with Crippen LogP contribution >= 0.6 is 0 Å². The number of nitrogens with two attached hydrogens (primary N) is 1. The Morgan fingerprint density at radius 2 is 2.10 bits per heavy atom. The van der Waals surface area contributed by atoms with Crippen LogP contribution in [0.4, 0.5) is 0 Å². The van der Waals surface area contributed by atoms with Crippen molar-refractivity contribution in [3.05, 3.63) is 35.4 Å². The van der Waals surface area contributed by atoms with Crippen LogP contribution in [0.15, 0.2) is 29.3 Å². The van der Waals surface area contributed by atoms with Gasteiger partial charge in [-0.25, -0.2) is 9.79 Å². The van der Waals surface area contributed by atoms with E-state index in [1.807, 2.05) is 12.1 Å². The molecule has 1 aliphatic heterocycles. The van der Waals surface area contributed by atoms with Gasteiger partial charge in [-0.15, -0.1) is 0 Å². The lowest BCUT2D eigenvalue weighted by molar-refractivity contribution is 0.0600. The second kappa shape index (κ2) is 6.93. The molecule has 0 atom stereocenters. The number of piperidine rings is 1. The van der Waals surface area contributed by atoms with Crippen molar-refractivity contribution in [3.8, 4) is 0 Å². The van der Waals surface area contributed by atoms with Crippen LogP contribution in [-0.4, -0.2) is 37.0 Å². The molecule has 2 rings (SSSR count). The van der Waals surface area contributed by atoms with Gasteiger partial charge in [0.1, 0.15) is 0 Å². The summed E-state index contributed by atoms with van der Waals surface area (Å²) in [6.45, 7) is 2.45. The van der Waals surface area contributed by atoms with E-state index in [1.165, 1.54) is 26.4 Å². The van der Waals surface area contributed by atoms with E-state index in [-0.39, 0.29) is 5.97 Å². The van der Waals surface area contributed by atoms with E-state index in [0.717, 1.165) is 18.7 Å². The maximum atomic E-state index is 11.5. The van der Waals surface area contributed by atoms with Gasteiger partial charge in [0.05, 0.1) is 19.2 Å². The van der Waals surface area contributed by atoms with Gasteiger partial charge in [-0.3, -0.25) is 0 Å². The number of hydrogen-bond acceptors (Lipinski definition) is 3. The highest BCUT2D eigenvalue weighted by molar-refractivity contribution is 5.89. The molecule has 1 fully saturated rings. The van der Waals surface area contributed by atoms with Crippen molar-refractivity contribution >= 4 is 11.9 Å². The van der Waals surface area contributed by atoms with Crippen LogP contribution in [0.3, 0.4) is 0 Å².